The maximum Gasteiger partial charge on any atom is 0.410 e. The Labute approximate surface area is 124 Å². The van der Waals surface area contributed by atoms with E-state index in [1.165, 1.54) is 19.3 Å². The monoisotopic (exact) mass is 284 g/mol. The van der Waals surface area contributed by atoms with Crippen LogP contribution in [0.1, 0.15) is 53.9 Å². The summed E-state index contributed by atoms with van der Waals surface area (Å²) in [7, 11) is 1.81. The Morgan fingerprint density at radius 2 is 2.05 bits per heavy atom. The van der Waals surface area contributed by atoms with Crippen LogP contribution in [0.2, 0.25) is 0 Å². The summed E-state index contributed by atoms with van der Waals surface area (Å²) in [6.07, 6.45) is 3.73. The molecule has 1 saturated carbocycles. The number of ether oxygens (including phenoxy) is 1. The summed E-state index contributed by atoms with van der Waals surface area (Å²) in [5.74, 6) is 1.21. The molecular weight excluding hydrogens is 252 g/mol. The van der Waals surface area contributed by atoms with Crippen molar-refractivity contribution in [3.8, 4) is 0 Å². The third-order valence-electron chi connectivity index (χ3n) is 3.88. The van der Waals surface area contributed by atoms with Crippen LogP contribution in [0.15, 0.2) is 0 Å². The molecule has 4 nitrogen and oxygen atoms in total. The van der Waals surface area contributed by atoms with Crippen molar-refractivity contribution in [3.05, 3.63) is 0 Å². The molecular formula is C16H32N2O2. The first-order valence-electron chi connectivity index (χ1n) is 7.86. The predicted molar refractivity (Wildman–Crippen MR) is 82.8 cm³/mol. The second kappa shape index (κ2) is 7.30. The maximum absolute atomic E-state index is 11.9. The van der Waals surface area contributed by atoms with Gasteiger partial charge in [0.15, 0.2) is 0 Å². The Hall–Kier alpha value is -0.770. The molecule has 0 saturated heterocycles. The van der Waals surface area contributed by atoms with E-state index in [0.717, 1.165) is 19.0 Å². The van der Waals surface area contributed by atoms with Gasteiger partial charge in [-0.2, -0.15) is 0 Å². The van der Waals surface area contributed by atoms with Crippen molar-refractivity contribution in [2.24, 2.45) is 11.8 Å². The highest BCUT2D eigenvalue weighted by Gasteiger charge is 2.24. The molecule has 0 aromatic rings. The van der Waals surface area contributed by atoms with E-state index in [-0.39, 0.29) is 6.09 Å². The number of nitrogens with one attached hydrogen (secondary N) is 1. The van der Waals surface area contributed by atoms with E-state index in [1.807, 2.05) is 27.8 Å². The van der Waals surface area contributed by atoms with Gasteiger partial charge in [-0.05, 0) is 52.0 Å². The molecule has 4 heteroatoms. The number of carbonyl (C=O) groups excluding carboxylic acids is 1. The van der Waals surface area contributed by atoms with Crippen LogP contribution in [0.5, 0.6) is 0 Å². The molecule has 3 unspecified atom stereocenters. The minimum absolute atomic E-state index is 0.237. The van der Waals surface area contributed by atoms with Gasteiger partial charge in [0, 0.05) is 19.6 Å². The fraction of sp³-hybridized carbons (Fsp3) is 0.938. The quantitative estimate of drug-likeness (QED) is 0.842. The molecule has 0 spiro atoms. The van der Waals surface area contributed by atoms with Crippen LogP contribution in [-0.2, 0) is 4.74 Å². The number of amides is 1. The van der Waals surface area contributed by atoms with Crippen molar-refractivity contribution in [2.75, 3.05) is 20.1 Å². The van der Waals surface area contributed by atoms with E-state index in [4.69, 9.17) is 4.74 Å². The average molecular weight is 284 g/mol. The normalized spacial score (nSPS) is 24.5. The van der Waals surface area contributed by atoms with Gasteiger partial charge in [0.25, 0.3) is 0 Å². The zero-order valence-electron chi connectivity index (χ0n) is 14.0. The summed E-state index contributed by atoms with van der Waals surface area (Å²) in [5.41, 5.74) is -0.424. The summed E-state index contributed by atoms with van der Waals surface area (Å²) in [6, 6.07) is 0.657. The summed E-state index contributed by atoms with van der Waals surface area (Å²) in [4.78, 5) is 13.6. The van der Waals surface area contributed by atoms with Crippen LogP contribution < -0.4 is 5.32 Å². The van der Waals surface area contributed by atoms with Crippen LogP contribution in [0.25, 0.3) is 0 Å². The fourth-order valence-corrected chi connectivity index (χ4v) is 2.75. The molecule has 1 rings (SSSR count). The first kappa shape index (κ1) is 17.3. The molecule has 20 heavy (non-hydrogen) atoms. The average Bonchev–Trinajstić information content (AvgIpc) is 2.70. The summed E-state index contributed by atoms with van der Waals surface area (Å²) in [6.45, 7) is 11.9. The zero-order valence-corrected chi connectivity index (χ0v) is 14.0. The molecule has 1 aliphatic rings. The van der Waals surface area contributed by atoms with Gasteiger partial charge in [0.05, 0.1) is 0 Å². The second-order valence-corrected chi connectivity index (χ2v) is 7.39. The number of carbonyl (C=O) groups is 1. The lowest BCUT2D eigenvalue weighted by atomic mass is 10.1. The lowest BCUT2D eigenvalue weighted by Crippen LogP contribution is -2.40. The Bertz CT molecular complexity index is 312. The fourth-order valence-electron chi connectivity index (χ4n) is 2.75. The molecule has 0 aliphatic heterocycles. The van der Waals surface area contributed by atoms with Gasteiger partial charge in [-0.1, -0.05) is 20.3 Å². The molecule has 1 N–H and O–H groups in total. The topological polar surface area (TPSA) is 41.6 Å². The molecule has 0 heterocycles. The van der Waals surface area contributed by atoms with Crippen LogP contribution >= 0.6 is 0 Å². The first-order valence-corrected chi connectivity index (χ1v) is 7.86. The van der Waals surface area contributed by atoms with Gasteiger partial charge < -0.3 is 15.0 Å². The van der Waals surface area contributed by atoms with Crippen molar-refractivity contribution in [1.29, 1.82) is 0 Å². The van der Waals surface area contributed by atoms with Crippen molar-refractivity contribution in [3.63, 3.8) is 0 Å². The molecule has 1 aliphatic carbocycles. The van der Waals surface area contributed by atoms with E-state index in [0.29, 0.717) is 12.0 Å². The number of hydrogen-bond donors (Lipinski definition) is 1. The van der Waals surface area contributed by atoms with E-state index in [9.17, 15) is 4.79 Å². The Morgan fingerprint density at radius 1 is 1.40 bits per heavy atom. The minimum Gasteiger partial charge on any atom is -0.444 e. The molecule has 0 bridgehead atoms. The van der Waals surface area contributed by atoms with Crippen LogP contribution in [-0.4, -0.2) is 42.8 Å². The van der Waals surface area contributed by atoms with E-state index in [1.54, 1.807) is 4.90 Å². The SMILES string of the molecule is CC(CNC1CCCC1C)CN(C)C(=O)OC(C)(C)C. The highest BCUT2D eigenvalue weighted by molar-refractivity contribution is 5.67. The summed E-state index contributed by atoms with van der Waals surface area (Å²) >= 11 is 0. The van der Waals surface area contributed by atoms with Gasteiger partial charge in [-0.25, -0.2) is 4.79 Å². The molecule has 118 valence electrons. The first-order chi connectivity index (χ1) is 9.19. The third-order valence-corrected chi connectivity index (χ3v) is 3.88. The summed E-state index contributed by atoms with van der Waals surface area (Å²) < 4.78 is 5.36. The molecule has 1 amide bonds. The largest absolute Gasteiger partial charge is 0.444 e. The van der Waals surface area contributed by atoms with Gasteiger partial charge in [0.1, 0.15) is 5.60 Å². The predicted octanol–water partition coefficient (Wildman–Crippen LogP) is 3.27. The molecule has 1 fully saturated rings. The number of rotatable bonds is 5. The Morgan fingerprint density at radius 3 is 2.55 bits per heavy atom. The zero-order chi connectivity index (χ0) is 15.3. The minimum atomic E-state index is -0.424. The van der Waals surface area contributed by atoms with E-state index >= 15 is 0 Å². The van der Waals surface area contributed by atoms with Crippen LogP contribution in [0.4, 0.5) is 4.79 Å². The van der Waals surface area contributed by atoms with Gasteiger partial charge in [0.2, 0.25) is 0 Å². The van der Waals surface area contributed by atoms with Crippen molar-refractivity contribution >= 4 is 6.09 Å². The molecule has 0 aromatic carbocycles. The smallest absolute Gasteiger partial charge is 0.410 e. The lowest BCUT2D eigenvalue weighted by Gasteiger charge is -2.27. The van der Waals surface area contributed by atoms with Gasteiger partial charge in [-0.3, -0.25) is 0 Å². The highest BCUT2D eigenvalue weighted by Crippen LogP contribution is 2.24. The Balaban J connectivity index is 2.27. The van der Waals surface area contributed by atoms with Crippen molar-refractivity contribution in [1.82, 2.24) is 10.2 Å². The molecule has 0 aromatic heterocycles. The molecule has 3 atom stereocenters. The molecule has 0 radical (unpaired) electrons. The van der Waals surface area contributed by atoms with Crippen molar-refractivity contribution in [2.45, 2.75) is 65.5 Å². The maximum atomic E-state index is 11.9. The van der Waals surface area contributed by atoms with Gasteiger partial charge >= 0.3 is 6.09 Å². The second-order valence-electron chi connectivity index (χ2n) is 7.39. The standard InChI is InChI=1S/C16H32N2O2/c1-12(10-17-14-9-7-8-13(14)2)11-18(6)15(19)20-16(3,4)5/h12-14,17H,7-11H2,1-6H3. The summed E-state index contributed by atoms with van der Waals surface area (Å²) in [5, 5.41) is 3.64. The van der Waals surface area contributed by atoms with Gasteiger partial charge in [-0.15, -0.1) is 0 Å². The van der Waals surface area contributed by atoms with E-state index < -0.39 is 5.60 Å². The van der Waals surface area contributed by atoms with Crippen LogP contribution in [0.3, 0.4) is 0 Å². The Kier molecular flexibility index (Phi) is 6.31. The van der Waals surface area contributed by atoms with Crippen LogP contribution in [0, 0.1) is 11.8 Å². The number of hydrogen-bond acceptors (Lipinski definition) is 3. The van der Waals surface area contributed by atoms with E-state index in [2.05, 4.69) is 19.2 Å². The number of nitrogens with zero attached hydrogens (tertiary/aromatic N) is 1. The highest BCUT2D eigenvalue weighted by atomic mass is 16.6. The third kappa shape index (κ3) is 6.12. The van der Waals surface area contributed by atoms with Crippen molar-refractivity contribution < 1.29 is 9.53 Å². The lowest BCUT2D eigenvalue weighted by molar-refractivity contribution is 0.0276.